The highest BCUT2D eigenvalue weighted by Gasteiger charge is 2.10. The predicted molar refractivity (Wildman–Crippen MR) is 116 cm³/mol. The Kier molecular flexibility index (Phi) is 6.97. The molecular formula is C22H19BrFN3O2. The van der Waals surface area contributed by atoms with Crippen molar-refractivity contribution in [1.82, 2.24) is 0 Å². The van der Waals surface area contributed by atoms with E-state index in [4.69, 9.17) is 0 Å². The van der Waals surface area contributed by atoms with Crippen LogP contribution in [0.4, 0.5) is 21.5 Å². The summed E-state index contributed by atoms with van der Waals surface area (Å²) in [4.78, 5) is 24.2. The van der Waals surface area contributed by atoms with E-state index in [1.54, 1.807) is 12.1 Å². The fourth-order valence-corrected chi connectivity index (χ4v) is 2.89. The number of rotatable bonds is 7. The minimum Gasteiger partial charge on any atom is -0.376 e. The van der Waals surface area contributed by atoms with E-state index in [2.05, 4.69) is 31.9 Å². The van der Waals surface area contributed by atoms with Crippen LogP contribution < -0.4 is 16.0 Å². The summed E-state index contributed by atoms with van der Waals surface area (Å²) >= 11 is 3.34. The first-order valence-electron chi connectivity index (χ1n) is 8.92. The average Bonchev–Trinajstić information content (AvgIpc) is 2.71. The van der Waals surface area contributed by atoms with Crippen LogP contribution in [0.3, 0.4) is 0 Å². The second-order valence-corrected chi connectivity index (χ2v) is 7.23. The SMILES string of the molecule is O=C(CNc1ccc(F)c(NC(=O)Cc2ccccc2)c1)Nc1ccc(Br)cc1. The Morgan fingerprint density at radius 2 is 1.52 bits per heavy atom. The van der Waals surface area contributed by atoms with E-state index >= 15 is 0 Å². The van der Waals surface area contributed by atoms with Gasteiger partial charge in [0.25, 0.3) is 0 Å². The molecule has 0 aliphatic rings. The van der Waals surface area contributed by atoms with Gasteiger partial charge in [0.05, 0.1) is 18.7 Å². The van der Waals surface area contributed by atoms with Gasteiger partial charge in [-0.2, -0.15) is 0 Å². The molecule has 0 aromatic heterocycles. The fourth-order valence-electron chi connectivity index (χ4n) is 2.63. The van der Waals surface area contributed by atoms with Crippen LogP contribution in [0.2, 0.25) is 0 Å². The predicted octanol–water partition coefficient (Wildman–Crippen LogP) is 4.82. The number of carbonyl (C=O) groups excluding carboxylic acids is 2. The summed E-state index contributed by atoms with van der Waals surface area (Å²) in [6.45, 7) is -0.000895. The monoisotopic (exact) mass is 455 g/mol. The molecule has 0 heterocycles. The molecule has 148 valence electrons. The lowest BCUT2D eigenvalue weighted by molar-refractivity contribution is -0.116. The quantitative estimate of drug-likeness (QED) is 0.478. The molecule has 5 nitrogen and oxygen atoms in total. The van der Waals surface area contributed by atoms with E-state index in [-0.39, 0.29) is 30.5 Å². The van der Waals surface area contributed by atoms with Crippen molar-refractivity contribution in [2.45, 2.75) is 6.42 Å². The van der Waals surface area contributed by atoms with Crippen molar-refractivity contribution < 1.29 is 14.0 Å². The first kappa shape index (κ1) is 20.5. The molecule has 0 aliphatic carbocycles. The van der Waals surface area contributed by atoms with Crippen molar-refractivity contribution in [2.24, 2.45) is 0 Å². The summed E-state index contributed by atoms with van der Waals surface area (Å²) in [5.74, 6) is -1.11. The third-order valence-electron chi connectivity index (χ3n) is 4.03. The van der Waals surface area contributed by atoms with E-state index < -0.39 is 5.82 Å². The van der Waals surface area contributed by atoms with Gasteiger partial charge in [0.15, 0.2) is 0 Å². The minimum absolute atomic E-state index is 0.000895. The number of anilines is 3. The van der Waals surface area contributed by atoms with Gasteiger partial charge in [0.1, 0.15) is 5.82 Å². The van der Waals surface area contributed by atoms with Gasteiger partial charge in [-0.25, -0.2) is 4.39 Å². The van der Waals surface area contributed by atoms with Gasteiger partial charge >= 0.3 is 0 Å². The van der Waals surface area contributed by atoms with Crippen LogP contribution in [-0.4, -0.2) is 18.4 Å². The van der Waals surface area contributed by atoms with Crippen LogP contribution >= 0.6 is 15.9 Å². The molecule has 0 radical (unpaired) electrons. The van der Waals surface area contributed by atoms with Crippen LogP contribution in [0.5, 0.6) is 0 Å². The zero-order valence-corrected chi connectivity index (χ0v) is 17.0. The lowest BCUT2D eigenvalue weighted by Gasteiger charge is -2.11. The summed E-state index contributed by atoms with van der Waals surface area (Å²) in [5.41, 5.74) is 2.09. The van der Waals surface area contributed by atoms with E-state index in [0.717, 1.165) is 10.0 Å². The van der Waals surface area contributed by atoms with E-state index in [1.165, 1.54) is 18.2 Å². The highest BCUT2D eigenvalue weighted by molar-refractivity contribution is 9.10. The van der Waals surface area contributed by atoms with Crippen molar-refractivity contribution in [1.29, 1.82) is 0 Å². The molecule has 0 atom stereocenters. The molecule has 0 spiro atoms. The standard InChI is InChI=1S/C22H19BrFN3O2/c23-16-6-8-17(9-7-16)26-22(29)14-25-18-10-11-19(24)20(13-18)27-21(28)12-15-4-2-1-3-5-15/h1-11,13,25H,12,14H2,(H,26,29)(H,27,28). The summed E-state index contributed by atoms with van der Waals surface area (Å²) in [6.07, 6.45) is 0.146. The fraction of sp³-hybridized carbons (Fsp3) is 0.0909. The van der Waals surface area contributed by atoms with Crippen molar-refractivity contribution in [2.75, 3.05) is 22.5 Å². The second kappa shape index (κ2) is 9.84. The zero-order valence-electron chi connectivity index (χ0n) is 15.4. The van der Waals surface area contributed by atoms with Gasteiger partial charge in [-0.05, 0) is 48.0 Å². The first-order valence-corrected chi connectivity index (χ1v) is 9.71. The Hall–Kier alpha value is -3.19. The van der Waals surface area contributed by atoms with Crippen LogP contribution in [0.1, 0.15) is 5.56 Å². The molecule has 0 bridgehead atoms. The highest BCUT2D eigenvalue weighted by atomic mass is 79.9. The molecule has 7 heteroatoms. The summed E-state index contributed by atoms with van der Waals surface area (Å²) in [6, 6.07) is 20.6. The van der Waals surface area contributed by atoms with Crippen LogP contribution in [0.25, 0.3) is 0 Å². The topological polar surface area (TPSA) is 70.2 Å². The van der Waals surface area contributed by atoms with Crippen LogP contribution in [0, 0.1) is 5.82 Å². The Morgan fingerprint density at radius 1 is 0.828 bits per heavy atom. The zero-order chi connectivity index (χ0) is 20.6. The summed E-state index contributed by atoms with van der Waals surface area (Å²) in [7, 11) is 0. The van der Waals surface area contributed by atoms with Gasteiger partial charge in [0.2, 0.25) is 11.8 Å². The summed E-state index contributed by atoms with van der Waals surface area (Å²) < 4.78 is 15.0. The number of hydrogen-bond acceptors (Lipinski definition) is 3. The van der Waals surface area contributed by atoms with Crippen LogP contribution in [-0.2, 0) is 16.0 Å². The largest absolute Gasteiger partial charge is 0.376 e. The van der Waals surface area contributed by atoms with Gasteiger partial charge < -0.3 is 16.0 Å². The molecule has 0 saturated heterocycles. The number of amides is 2. The normalized spacial score (nSPS) is 10.3. The van der Waals surface area contributed by atoms with Crippen molar-refractivity contribution >= 4 is 44.8 Å². The highest BCUT2D eigenvalue weighted by Crippen LogP contribution is 2.20. The summed E-state index contributed by atoms with van der Waals surface area (Å²) in [5, 5.41) is 8.26. The molecule has 3 N–H and O–H groups in total. The lowest BCUT2D eigenvalue weighted by atomic mass is 10.1. The number of carbonyl (C=O) groups is 2. The molecule has 3 aromatic rings. The first-order chi connectivity index (χ1) is 14.0. The van der Waals surface area contributed by atoms with Crippen molar-refractivity contribution in [3.63, 3.8) is 0 Å². The molecule has 3 rings (SSSR count). The molecular weight excluding hydrogens is 437 g/mol. The van der Waals surface area contributed by atoms with Gasteiger partial charge in [0, 0.05) is 15.8 Å². The lowest BCUT2D eigenvalue weighted by Crippen LogP contribution is -2.22. The molecule has 0 unspecified atom stereocenters. The Balaban J connectivity index is 1.56. The molecule has 0 saturated carbocycles. The third-order valence-corrected chi connectivity index (χ3v) is 4.56. The smallest absolute Gasteiger partial charge is 0.243 e. The molecule has 3 aromatic carbocycles. The number of benzene rings is 3. The van der Waals surface area contributed by atoms with Crippen molar-refractivity contribution in [3.8, 4) is 0 Å². The number of nitrogens with one attached hydrogen (secondary N) is 3. The van der Waals surface area contributed by atoms with Gasteiger partial charge in [-0.1, -0.05) is 46.3 Å². The van der Waals surface area contributed by atoms with Gasteiger partial charge in [-0.15, -0.1) is 0 Å². The van der Waals surface area contributed by atoms with E-state index in [1.807, 2.05) is 42.5 Å². The average molecular weight is 456 g/mol. The number of halogens is 2. The molecule has 0 aliphatic heterocycles. The van der Waals surface area contributed by atoms with Crippen molar-refractivity contribution in [3.05, 3.63) is 88.6 Å². The van der Waals surface area contributed by atoms with Crippen LogP contribution in [0.15, 0.2) is 77.3 Å². The Morgan fingerprint density at radius 3 is 2.24 bits per heavy atom. The Labute approximate surface area is 176 Å². The van der Waals surface area contributed by atoms with Gasteiger partial charge in [-0.3, -0.25) is 9.59 Å². The maximum Gasteiger partial charge on any atom is 0.243 e. The maximum absolute atomic E-state index is 14.1. The molecule has 29 heavy (non-hydrogen) atoms. The molecule has 0 fully saturated rings. The third kappa shape index (κ3) is 6.43. The van der Waals surface area contributed by atoms with E-state index in [9.17, 15) is 14.0 Å². The maximum atomic E-state index is 14.1. The molecule has 2 amide bonds. The minimum atomic E-state index is -0.545. The second-order valence-electron chi connectivity index (χ2n) is 6.31. The van der Waals surface area contributed by atoms with E-state index in [0.29, 0.717) is 11.4 Å². The Bertz CT molecular complexity index is 995. The number of hydrogen-bond donors (Lipinski definition) is 3.